The fraction of sp³-hybridized carbons (Fsp3) is 0.357. The lowest BCUT2D eigenvalue weighted by atomic mass is 10.1. The van der Waals surface area contributed by atoms with Crippen LogP contribution in [0, 0.1) is 0 Å². The van der Waals surface area contributed by atoms with Crippen LogP contribution in [0.3, 0.4) is 0 Å². The third-order valence-electron chi connectivity index (χ3n) is 3.64. The first-order valence-corrected chi connectivity index (χ1v) is 7.44. The van der Waals surface area contributed by atoms with Crippen molar-refractivity contribution in [1.82, 2.24) is 20.3 Å². The molecule has 0 radical (unpaired) electrons. The molecule has 1 aliphatic heterocycles. The van der Waals surface area contributed by atoms with Crippen LogP contribution in [-0.2, 0) is 0 Å². The van der Waals surface area contributed by atoms with Crippen LogP contribution in [0.2, 0.25) is 5.02 Å². The Morgan fingerprint density at radius 3 is 3.05 bits per heavy atom. The number of rotatable bonds is 3. The number of carbonyl (C=O) groups excluding carboxylic acids is 1. The molecule has 1 saturated heterocycles. The molecular weight excluding hydrogens is 306 g/mol. The van der Waals surface area contributed by atoms with Gasteiger partial charge in [-0.2, -0.15) is 0 Å². The van der Waals surface area contributed by atoms with Gasteiger partial charge in [0.1, 0.15) is 5.69 Å². The Morgan fingerprint density at radius 2 is 2.32 bits per heavy atom. The number of amides is 1. The van der Waals surface area contributed by atoms with E-state index in [0.717, 1.165) is 19.4 Å². The standard InChI is InChI=1S/C14H16ClN5O2/c15-9-6-11(18-7-9)13(21)19-10-2-1-5-20(8-10)12-14(22)17-4-3-16-12/h3-4,6-7,10,18H,1-2,5,8H2,(H,17,22)(H,19,21)/t10-/m1/s1. The Labute approximate surface area is 131 Å². The van der Waals surface area contributed by atoms with E-state index >= 15 is 0 Å². The van der Waals surface area contributed by atoms with Gasteiger partial charge in [0.15, 0.2) is 5.82 Å². The van der Waals surface area contributed by atoms with Crippen LogP contribution in [0.15, 0.2) is 29.5 Å². The van der Waals surface area contributed by atoms with Gasteiger partial charge in [0, 0.05) is 37.7 Å². The van der Waals surface area contributed by atoms with Gasteiger partial charge in [0.25, 0.3) is 11.5 Å². The molecule has 0 spiro atoms. The molecule has 1 fully saturated rings. The number of H-pyrrole nitrogens is 2. The first-order chi connectivity index (χ1) is 10.6. The van der Waals surface area contributed by atoms with Crippen LogP contribution < -0.4 is 15.8 Å². The highest BCUT2D eigenvalue weighted by atomic mass is 35.5. The Bertz CT molecular complexity index is 726. The lowest BCUT2D eigenvalue weighted by molar-refractivity contribution is 0.0928. The van der Waals surface area contributed by atoms with E-state index in [-0.39, 0.29) is 17.5 Å². The number of aromatic amines is 2. The topological polar surface area (TPSA) is 93.9 Å². The van der Waals surface area contributed by atoms with Gasteiger partial charge in [-0.1, -0.05) is 11.6 Å². The number of hydrogen-bond donors (Lipinski definition) is 3. The normalized spacial score (nSPS) is 18.2. The maximum Gasteiger partial charge on any atom is 0.290 e. The fourth-order valence-corrected chi connectivity index (χ4v) is 2.78. The summed E-state index contributed by atoms with van der Waals surface area (Å²) in [5.74, 6) is 0.193. The molecule has 0 unspecified atom stereocenters. The predicted octanol–water partition coefficient (Wildman–Crippen LogP) is 1.15. The van der Waals surface area contributed by atoms with Crippen molar-refractivity contribution in [2.45, 2.75) is 18.9 Å². The van der Waals surface area contributed by atoms with Crippen molar-refractivity contribution in [3.63, 3.8) is 0 Å². The van der Waals surface area contributed by atoms with Crippen molar-refractivity contribution < 1.29 is 4.79 Å². The van der Waals surface area contributed by atoms with Crippen molar-refractivity contribution in [3.8, 4) is 0 Å². The van der Waals surface area contributed by atoms with Crippen LogP contribution in [-0.4, -0.2) is 40.0 Å². The van der Waals surface area contributed by atoms with Gasteiger partial charge in [0.05, 0.1) is 5.02 Å². The summed E-state index contributed by atoms with van der Waals surface area (Å²) in [4.78, 5) is 35.4. The molecule has 0 aliphatic carbocycles. The SMILES string of the molecule is O=C(N[C@@H]1CCCN(c2ncc[nH]c2=O)C1)c1cc(Cl)c[nH]1. The summed E-state index contributed by atoms with van der Waals surface area (Å²) in [6.07, 6.45) is 6.37. The number of nitrogens with one attached hydrogen (secondary N) is 3. The summed E-state index contributed by atoms with van der Waals surface area (Å²) < 4.78 is 0. The maximum atomic E-state index is 12.1. The highest BCUT2D eigenvalue weighted by Crippen LogP contribution is 2.15. The smallest absolute Gasteiger partial charge is 0.290 e. The van der Waals surface area contributed by atoms with Gasteiger partial charge in [-0.3, -0.25) is 9.59 Å². The van der Waals surface area contributed by atoms with Gasteiger partial charge in [-0.05, 0) is 18.9 Å². The molecule has 1 aliphatic rings. The number of piperidine rings is 1. The van der Waals surface area contributed by atoms with Gasteiger partial charge in [-0.15, -0.1) is 0 Å². The van der Waals surface area contributed by atoms with Crippen LogP contribution in [0.5, 0.6) is 0 Å². The fourth-order valence-electron chi connectivity index (χ4n) is 2.62. The Kier molecular flexibility index (Phi) is 4.15. The second-order valence-electron chi connectivity index (χ2n) is 5.23. The minimum Gasteiger partial charge on any atom is -0.356 e. The summed E-state index contributed by atoms with van der Waals surface area (Å²) in [7, 11) is 0. The van der Waals surface area contributed by atoms with Crippen molar-refractivity contribution in [3.05, 3.63) is 45.7 Å². The van der Waals surface area contributed by atoms with Gasteiger partial charge in [-0.25, -0.2) is 4.98 Å². The largest absolute Gasteiger partial charge is 0.356 e. The lowest BCUT2D eigenvalue weighted by Gasteiger charge is -2.33. The average molecular weight is 322 g/mol. The van der Waals surface area contributed by atoms with Gasteiger partial charge in [0.2, 0.25) is 0 Å². The Balaban J connectivity index is 1.67. The molecule has 7 nitrogen and oxygen atoms in total. The van der Waals surface area contributed by atoms with E-state index in [0.29, 0.717) is 23.1 Å². The number of anilines is 1. The summed E-state index contributed by atoms with van der Waals surface area (Å²) in [5, 5.41) is 3.45. The summed E-state index contributed by atoms with van der Waals surface area (Å²) in [6, 6.07) is 1.55. The highest BCUT2D eigenvalue weighted by molar-refractivity contribution is 6.30. The molecule has 8 heteroatoms. The average Bonchev–Trinajstić information content (AvgIpc) is 2.95. The van der Waals surface area contributed by atoms with E-state index in [2.05, 4.69) is 20.3 Å². The first kappa shape index (κ1) is 14.6. The minimum atomic E-state index is -0.217. The number of aromatic nitrogens is 3. The summed E-state index contributed by atoms with van der Waals surface area (Å²) >= 11 is 5.80. The molecule has 116 valence electrons. The third-order valence-corrected chi connectivity index (χ3v) is 3.86. The van der Waals surface area contributed by atoms with E-state index in [1.54, 1.807) is 18.5 Å². The minimum absolute atomic E-state index is 0.0373. The van der Waals surface area contributed by atoms with Crippen LogP contribution in [0.1, 0.15) is 23.3 Å². The molecule has 0 bridgehead atoms. The summed E-state index contributed by atoms with van der Waals surface area (Å²) in [5.41, 5.74) is 0.212. The van der Waals surface area contributed by atoms with Crippen LogP contribution in [0.4, 0.5) is 5.82 Å². The molecule has 3 heterocycles. The first-order valence-electron chi connectivity index (χ1n) is 7.07. The number of halogens is 1. The zero-order valence-electron chi connectivity index (χ0n) is 11.8. The molecule has 0 aromatic carbocycles. The predicted molar refractivity (Wildman–Crippen MR) is 83.4 cm³/mol. The van der Waals surface area contributed by atoms with Crippen molar-refractivity contribution in [2.75, 3.05) is 18.0 Å². The molecule has 22 heavy (non-hydrogen) atoms. The van der Waals surface area contributed by atoms with Crippen LogP contribution >= 0.6 is 11.6 Å². The maximum absolute atomic E-state index is 12.1. The molecule has 3 N–H and O–H groups in total. The van der Waals surface area contributed by atoms with Gasteiger partial charge < -0.3 is 20.2 Å². The van der Waals surface area contributed by atoms with E-state index in [9.17, 15) is 9.59 Å². The van der Waals surface area contributed by atoms with E-state index in [1.807, 2.05) is 4.90 Å². The number of carbonyl (C=O) groups is 1. The molecule has 1 atom stereocenters. The summed E-state index contributed by atoms with van der Waals surface area (Å²) in [6.45, 7) is 1.31. The second-order valence-corrected chi connectivity index (χ2v) is 5.67. The van der Waals surface area contributed by atoms with Crippen LogP contribution in [0.25, 0.3) is 0 Å². The third kappa shape index (κ3) is 3.14. The quantitative estimate of drug-likeness (QED) is 0.790. The molecular formula is C14H16ClN5O2. The number of hydrogen-bond acceptors (Lipinski definition) is 4. The number of nitrogens with zero attached hydrogens (tertiary/aromatic N) is 2. The zero-order chi connectivity index (χ0) is 15.5. The zero-order valence-corrected chi connectivity index (χ0v) is 12.6. The molecule has 2 aromatic heterocycles. The molecule has 2 aromatic rings. The van der Waals surface area contributed by atoms with Crippen molar-refractivity contribution in [1.29, 1.82) is 0 Å². The van der Waals surface area contributed by atoms with E-state index in [1.165, 1.54) is 6.20 Å². The lowest BCUT2D eigenvalue weighted by Crippen LogP contribution is -2.49. The molecule has 0 saturated carbocycles. The van der Waals surface area contributed by atoms with E-state index < -0.39 is 0 Å². The second kappa shape index (κ2) is 6.23. The molecule has 1 amide bonds. The van der Waals surface area contributed by atoms with Crippen molar-refractivity contribution in [2.24, 2.45) is 0 Å². The monoisotopic (exact) mass is 321 g/mol. The highest BCUT2D eigenvalue weighted by Gasteiger charge is 2.24. The van der Waals surface area contributed by atoms with E-state index in [4.69, 9.17) is 11.6 Å². The van der Waals surface area contributed by atoms with Gasteiger partial charge >= 0.3 is 0 Å². The molecule has 3 rings (SSSR count). The van der Waals surface area contributed by atoms with Crippen molar-refractivity contribution >= 4 is 23.3 Å². The Hall–Kier alpha value is -2.28. The Morgan fingerprint density at radius 1 is 1.45 bits per heavy atom.